The fourth-order valence-corrected chi connectivity index (χ4v) is 2.53. The summed E-state index contributed by atoms with van der Waals surface area (Å²) in [7, 11) is 0. The van der Waals surface area contributed by atoms with Gasteiger partial charge in [0.15, 0.2) is 5.82 Å². The highest BCUT2D eigenvalue weighted by atomic mass is 16.5. The first-order chi connectivity index (χ1) is 13.4. The van der Waals surface area contributed by atoms with Gasteiger partial charge in [0.1, 0.15) is 18.2 Å². The summed E-state index contributed by atoms with van der Waals surface area (Å²) in [5.74, 6) is 2.15. The molecule has 0 bridgehead atoms. The number of ether oxygens (including phenoxy) is 1. The molecule has 27 heavy (non-hydrogen) atoms. The molecule has 0 unspecified atom stereocenters. The van der Waals surface area contributed by atoms with Crippen LogP contribution in [0.25, 0.3) is 5.82 Å². The predicted molar refractivity (Wildman–Crippen MR) is 101 cm³/mol. The van der Waals surface area contributed by atoms with Crippen LogP contribution in [0.4, 0.5) is 5.82 Å². The van der Waals surface area contributed by atoms with Crippen LogP contribution in [0.15, 0.2) is 79.5 Å². The van der Waals surface area contributed by atoms with E-state index < -0.39 is 0 Å². The molecule has 4 rings (SSSR count). The second-order valence-electron chi connectivity index (χ2n) is 5.82. The number of anilines is 1. The van der Waals surface area contributed by atoms with Gasteiger partial charge >= 0.3 is 0 Å². The zero-order valence-electron chi connectivity index (χ0n) is 14.6. The number of nitrogens with one attached hydrogen (secondary N) is 1. The maximum Gasteiger partial charge on any atom is 0.173 e. The van der Waals surface area contributed by atoms with Gasteiger partial charge in [-0.1, -0.05) is 18.2 Å². The number of hydrogen-bond donors (Lipinski definition) is 1. The quantitative estimate of drug-likeness (QED) is 0.546. The number of benzene rings is 1. The fourth-order valence-electron chi connectivity index (χ4n) is 2.53. The molecule has 0 fully saturated rings. The lowest BCUT2D eigenvalue weighted by Crippen LogP contribution is -2.06. The van der Waals surface area contributed by atoms with Gasteiger partial charge in [-0.25, -0.2) is 9.67 Å². The van der Waals surface area contributed by atoms with E-state index in [9.17, 15) is 0 Å². The maximum absolute atomic E-state index is 5.82. The molecule has 0 aliphatic heterocycles. The molecule has 0 atom stereocenters. The SMILES string of the molecule is c1ccc(COc2cccc(CNc3cncc(-n4cccn4)n3)c2)nc1. The average molecular weight is 358 g/mol. The van der Waals surface area contributed by atoms with Crippen LogP contribution in [0, 0.1) is 0 Å². The zero-order chi connectivity index (χ0) is 18.3. The van der Waals surface area contributed by atoms with Crippen molar-refractivity contribution in [3.05, 3.63) is 90.8 Å². The number of hydrogen-bond acceptors (Lipinski definition) is 6. The molecule has 1 N–H and O–H groups in total. The molecule has 7 heteroatoms. The van der Waals surface area contributed by atoms with Gasteiger partial charge in [-0.3, -0.25) is 9.97 Å². The molecule has 0 aliphatic rings. The van der Waals surface area contributed by atoms with Crippen LogP contribution in [-0.2, 0) is 13.2 Å². The second-order valence-corrected chi connectivity index (χ2v) is 5.82. The Labute approximate surface area is 156 Å². The molecule has 0 radical (unpaired) electrons. The molecule has 7 nitrogen and oxygen atoms in total. The van der Waals surface area contributed by atoms with Gasteiger partial charge in [-0.2, -0.15) is 5.10 Å². The van der Waals surface area contributed by atoms with E-state index in [0.717, 1.165) is 17.0 Å². The number of rotatable bonds is 7. The van der Waals surface area contributed by atoms with Crippen molar-refractivity contribution in [1.82, 2.24) is 24.7 Å². The largest absolute Gasteiger partial charge is 0.487 e. The lowest BCUT2D eigenvalue weighted by molar-refractivity contribution is 0.301. The van der Waals surface area contributed by atoms with E-state index >= 15 is 0 Å². The van der Waals surface area contributed by atoms with Crippen LogP contribution in [0.1, 0.15) is 11.3 Å². The molecule has 3 aromatic heterocycles. The van der Waals surface area contributed by atoms with E-state index in [0.29, 0.717) is 24.8 Å². The van der Waals surface area contributed by atoms with Crippen molar-refractivity contribution in [2.75, 3.05) is 5.32 Å². The normalized spacial score (nSPS) is 10.5. The number of pyridine rings is 1. The molecule has 0 saturated heterocycles. The summed E-state index contributed by atoms with van der Waals surface area (Å²) in [5, 5.41) is 7.45. The van der Waals surface area contributed by atoms with Crippen molar-refractivity contribution >= 4 is 5.82 Å². The predicted octanol–water partition coefficient (Wildman–Crippen LogP) is 3.25. The van der Waals surface area contributed by atoms with E-state index in [4.69, 9.17) is 4.74 Å². The van der Waals surface area contributed by atoms with Crippen LogP contribution >= 0.6 is 0 Å². The Balaban J connectivity index is 1.38. The second kappa shape index (κ2) is 8.09. The first-order valence-electron chi connectivity index (χ1n) is 8.54. The standard InChI is InChI=1S/C20H18N6O/c1-2-8-22-17(6-1)15-27-18-7-3-5-16(11-18)12-23-19-13-21-14-20(25-19)26-10-4-9-24-26/h1-11,13-14H,12,15H2,(H,23,25). The smallest absolute Gasteiger partial charge is 0.173 e. The summed E-state index contributed by atoms with van der Waals surface area (Å²) in [5.41, 5.74) is 1.98. The van der Waals surface area contributed by atoms with Gasteiger partial charge in [0.25, 0.3) is 0 Å². The van der Waals surface area contributed by atoms with Gasteiger partial charge in [-0.05, 0) is 35.9 Å². The first kappa shape index (κ1) is 16.7. The van der Waals surface area contributed by atoms with E-state index in [1.165, 1.54) is 0 Å². The molecule has 3 heterocycles. The molecule has 0 spiro atoms. The summed E-state index contributed by atoms with van der Waals surface area (Å²) in [6.07, 6.45) is 8.66. The van der Waals surface area contributed by atoms with Crippen LogP contribution in [0.3, 0.4) is 0 Å². The summed E-state index contributed by atoms with van der Waals surface area (Å²) < 4.78 is 7.49. The summed E-state index contributed by atoms with van der Waals surface area (Å²) in [6.45, 7) is 1.05. The highest BCUT2D eigenvalue weighted by Gasteiger charge is 2.03. The Morgan fingerprint density at radius 3 is 2.85 bits per heavy atom. The summed E-state index contributed by atoms with van der Waals surface area (Å²) in [4.78, 5) is 13.0. The van der Waals surface area contributed by atoms with Crippen molar-refractivity contribution in [2.24, 2.45) is 0 Å². The molecule has 0 amide bonds. The van der Waals surface area contributed by atoms with Crippen molar-refractivity contribution in [3.63, 3.8) is 0 Å². The topological polar surface area (TPSA) is 77.8 Å². The molecular formula is C20H18N6O. The Morgan fingerprint density at radius 1 is 1.00 bits per heavy atom. The Morgan fingerprint density at radius 2 is 2.00 bits per heavy atom. The van der Waals surface area contributed by atoms with Crippen molar-refractivity contribution in [1.29, 1.82) is 0 Å². The molecule has 134 valence electrons. The van der Waals surface area contributed by atoms with Gasteiger partial charge < -0.3 is 10.1 Å². The lowest BCUT2D eigenvalue weighted by Gasteiger charge is -2.10. The van der Waals surface area contributed by atoms with Crippen molar-refractivity contribution < 1.29 is 4.74 Å². The zero-order valence-corrected chi connectivity index (χ0v) is 14.6. The van der Waals surface area contributed by atoms with Gasteiger partial charge in [0, 0.05) is 25.1 Å². The first-order valence-corrected chi connectivity index (χ1v) is 8.54. The van der Waals surface area contributed by atoms with Crippen LogP contribution in [-0.4, -0.2) is 24.7 Å². The maximum atomic E-state index is 5.82. The van der Waals surface area contributed by atoms with Crippen molar-refractivity contribution in [3.8, 4) is 11.6 Å². The highest BCUT2D eigenvalue weighted by molar-refractivity contribution is 5.38. The summed E-state index contributed by atoms with van der Waals surface area (Å²) in [6, 6.07) is 15.6. The van der Waals surface area contributed by atoms with Gasteiger partial charge in [0.05, 0.1) is 18.1 Å². The molecular weight excluding hydrogens is 340 g/mol. The minimum Gasteiger partial charge on any atom is -0.487 e. The third-order valence-electron chi connectivity index (χ3n) is 3.85. The minimum atomic E-state index is 0.440. The third-order valence-corrected chi connectivity index (χ3v) is 3.85. The van der Waals surface area contributed by atoms with Crippen LogP contribution in [0.2, 0.25) is 0 Å². The monoisotopic (exact) mass is 358 g/mol. The Bertz CT molecular complexity index is 988. The molecule has 4 aromatic rings. The third kappa shape index (κ3) is 4.46. The number of aromatic nitrogens is 5. The number of nitrogens with zero attached hydrogens (tertiary/aromatic N) is 5. The Kier molecular flexibility index (Phi) is 5.01. The fraction of sp³-hybridized carbons (Fsp3) is 0.100. The molecule has 1 aromatic carbocycles. The van der Waals surface area contributed by atoms with Crippen LogP contribution < -0.4 is 10.1 Å². The average Bonchev–Trinajstić information content (AvgIpc) is 3.27. The van der Waals surface area contributed by atoms with Gasteiger partial charge in [-0.15, -0.1) is 0 Å². The molecule has 0 aliphatic carbocycles. The highest BCUT2D eigenvalue weighted by Crippen LogP contribution is 2.16. The van der Waals surface area contributed by atoms with E-state index in [2.05, 4.69) is 25.4 Å². The minimum absolute atomic E-state index is 0.440. The van der Waals surface area contributed by atoms with E-state index in [-0.39, 0.29) is 0 Å². The van der Waals surface area contributed by atoms with E-state index in [1.54, 1.807) is 29.5 Å². The van der Waals surface area contributed by atoms with Gasteiger partial charge in [0.2, 0.25) is 0 Å². The van der Waals surface area contributed by atoms with E-state index in [1.807, 2.05) is 54.7 Å². The summed E-state index contributed by atoms with van der Waals surface area (Å²) >= 11 is 0. The van der Waals surface area contributed by atoms with Crippen molar-refractivity contribution in [2.45, 2.75) is 13.2 Å². The molecule has 0 saturated carbocycles. The van der Waals surface area contributed by atoms with Crippen LogP contribution in [0.5, 0.6) is 5.75 Å². The lowest BCUT2D eigenvalue weighted by atomic mass is 10.2. The Hall–Kier alpha value is -3.74.